The van der Waals surface area contributed by atoms with Crippen molar-refractivity contribution in [2.45, 2.75) is 11.1 Å². The highest BCUT2D eigenvalue weighted by atomic mass is 32.9. The van der Waals surface area contributed by atoms with Crippen molar-refractivity contribution in [2.24, 2.45) is 0 Å². The summed E-state index contributed by atoms with van der Waals surface area (Å²) in [7, 11) is 2.84. The van der Waals surface area contributed by atoms with Crippen molar-refractivity contribution >= 4 is 78.1 Å². The van der Waals surface area contributed by atoms with Crippen LogP contribution >= 0.6 is 68.2 Å². The topological polar surface area (TPSA) is 32.8 Å². The third-order valence-corrected chi connectivity index (χ3v) is 10.2. The molecule has 0 amide bonds. The lowest BCUT2D eigenvalue weighted by Crippen LogP contribution is -2.34. The van der Waals surface area contributed by atoms with Crippen LogP contribution in [0, 0.1) is 0 Å². The fourth-order valence-electron chi connectivity index (χ4n) is 2.66. The van der Waals surface area contributed by atoms with Crippen molar-refractivity contribution in [1.29, 1.82) is 0 Å². The van der Waals surface area contributed by atoms with Crippen LogP contribution in [0.3, 0.4) is 0 Å². The second-order valence-corrected chi connectivity index (χ2v) is 11.4. The minimum Gasteiger partial charge on any atom is -0.378 e. The largest absolute Gasteiger partial charge is 0.378 e. The molecule has 0 unspecified atom stereocenters. The highest BCUT2D eigenvalue weighted by Gasteiger charge is 2.34. The highest BCUT2D eigenvalue weighted by molar-refractivity contribution is 8.29. The number of morpholine rings is 1. The molecular weight excluding hydrogens is 421 g/mol. The van der Waals surface area contributed by atoms with Gasteiger partial charge in [-0.05, 0) is 17.3 Å². The van der Waals surface area contributed by atoms with Gasteiger partial charge in [-0.2, -0.15) is 0 Å². The first-order valence-electron chi connectivity index (χ1n) is 7.43. The summed E-state index contributed by atoms with van der Waals surface area (Å²) in [6, 6.07) is 0. The normalized spacial score (nSPS) is 24.4. The number of rotatable bonds is 2. The maximum atomic E-state index is 12.3. The lowest BCUT2D eigenvalue weighted by atomic mass is 10.4. The Bertz CT molecular complexity index is 789. The van der Waals surface area contributed by atoms with Gasteiger partial charge in [-0.1, -0.05) is 57.8 Å². The molecule has 1 aromatic rings. The summed E-state index contributed by atoms with van der Waals surface area (Å²) in [5.74, 6) is 0. The molecule has 0 aromatic carbocycles. The first-order chi connectivity index (χ1) is 11.7. The number of nitrogens with zero attached hydrogens (tertiary/aromatic N) is 2. The summed E-state index contributed by atoms with van der Waals surface area (Å²) in [4.78, 5) is 16.7. The number of thioether (sulfide) groups is 3. The summed E-state index contributed by atoms with van der Waals surface area (Å²) in [5, 5.41) is 3.46. The molecule has 0 radical (unpaired) electrons. The molecule has 0 bridgehead atoms. The Labute approximate surface area is 165 Å². The van der Waals surface area contributed by atoms with E-state index in [2.05, 4.69) is 22.1 Å². The second-order valence-electron chi connectivity index (χ2n) is 5.14. The molecule has 10 heteroatoms. The molecule has 1 saturated heterocycles. The maximum Gasteiger partial charge on any atom is 0.267 e. The minimum absolute atomic E-state index is 0.138. The zero-order valence-corrected chi connectivity index (χ0v) is 17.7. The highest BCUT2D eigenvalue weighted by Crippen LogP contribution is 2.52. The van der Waals surface area contributed by atoms with Gasteiger partial charge in [-0.15, -0.1) is 0 Å². The smallest absolute Gasteiger partial charge is 0.267 e. The molecule has 0 spiro atoms. The molecule has 4 nitrogen and oxygen atoms in total. The van der Waals surface area contributed by atoms with Crippen molar-refractivity contribution in [3.05, 3.63) is 29.9 Å². The van der Waals surface area contributed by atoms with Crippen LogP contribution in [0.25, 0.3) is 0 Å². The number of anilines is 1. The molecule has 0 aliphatic carbocycles. The predicted octanol–water partition coefficient (Wildman–Crippen LogP) is 4.21. The Balaban J connectivity index is 1.65. The van der Waals surface area contributed by atoms with Crippen LogP contribution in [0.15, 0.2) is 29.4 Å². The van der Waals surface area contributed by atoms with E-state index in [1.54, 1.807) is 35.3 Å². The average Bonchev–Trinajstić information content (AvgIpc) is 3.22. The molecule has 128 valence electrons. The van der Waals surface area contributed by atoms with E-state index in [0.29, 0.717) is 0 Å². The lowest BCUT2D eigenvalue weighted by Gasteiger charge is -2.31. The van der Waals surface area contributed by atoms with Crippen LogP contribution in [0.1, 0.15) is 6.92 Å². The van der Waals surface area contributed by atoms with Crippen molar-refractivity contribution in [1.82, 2.24) is 4.90 Å². The second kappa shape index (κ2) is 7.34. The predicted molar refractivity (Wildman–Crippen MR) is 113 cm³/mol. The summed E-state index contributed by atoms with van der Waals surface area (Å²) in [6.07, 6.45) is 0. The summed E-state index contributed by atoms with van der Waals surface area (Å²) in [5.41, 5.74) is 1.84. The van der Waals surface area contributed by atoms with E-state index in [4.69, 9.17) is 17.0 Å². The summed E-state index contributed by atoms with van der Waals surface area (Å²) in [6.45, 7) is 6.25. The zero-order chi connectivity index (χ0) is 16.7. The van der Waals surface area contributed by atoms with Crippen LogP contribution < -0.4 is 9.64 Å². The molecule has 24 heavy (non-hydrogen) atoms. The third kappa shape index (κ3) is 3.10. The number of hydrogen-bond acceptors (Lipinski definition) is 10. The van der Waals surface area contributed by atoms with E-state index in [-0.39, 0.29) is 4.74 Å². The summed E-state index contributed by atoms with van der Waals surface area (Å²) < 4.78 is 8.66. The van der Waals surface area contributed by atoms with Crippen LogP contribution in [-0.2, 0) is 4.74 Å². The van der Waals surface area contributed by atoms with E-state index in [1.165, 1.54) is 29.9 Å². The summed E-state index contributed by atoms with van der Waals surface area (Å²) >= 11 is 10.7. The Morgan fingerprint density at radius 3 is 2.79 bits per heavy atom. The van der Waals surface area contributed by atoms with Gasteiger partial charge in [-0.3, -0.25) is 4.79 Å². The molecule has 4 rings (SSSR count). The number of ether oxygens (including phenoxy) is 1. The minimum atomic E-state index is 0.138. The Kier molecular flexibility index (Phi) is 5.33. The van der Waals surface area contributed by atoms with E-state index in [1.807, 2.05) is 0 Å². The van der Waals surface area contributed by atoms with Crippen molar-refractivity contribution < 1.29 is 4.74 Å². The standard InChI is InChI=1S/C14H14N2O2S6/c1-2-16-9-11(17)23-24-14(9)22-12(19)10(16)13-20-7-8(21-13)15-3-5-18-6-4-15/h7H,2-6H2,1H3/b13-10-. The van der Waals surface area contributed by atoms with Crippen LogP contribution in [-0.4, -0.2) is 41.9 Å². The third-order valence-electron chi connectivity index (χ3n) is 3.79. The van der Waals surface area contributed by atoms with Crippen molar-refractivity contribution in [2.75, 3.05) is 37.7 Å². The first kappa shape index (κ1) is 17.4. The lowest BCUT2D eigenvalue weighted by molar-refractivity contribution is 0.0578. The van der Waals surface area contributed by atoms with E-state index in [9.17, 15) is 4.79 Å². The Morgan fingerprint density at radius 2 is 2.04 bits per heavy atom. The van der Waals surface area contributed by atoms with Crippen LogP contribution in [0.5, 0.6) is 0 Å². The monoisotopic (exact) mass is 434 g/mol. The van der Waals surface area contributed by atoms with Gasteiger partial charge >= 0.3 is 0 Å². The van der Waals surface area contributed by atoms with Gasteiger partial charge in [-0.25, -0.2) is 0 Å². The van der Waals surface area contributed by atoms with Gasteiger partial charge in [0.1, 0.15) is 14.1 Å². The molecule has 3 aliphatic heterocycles. The van der Waals surface area contributed by atoms with Gasteiger partial charge in [0.05, 0.1) is 28.2 Å². The molecule has 4 heterocycles. The number of hydrogen-bond donors (Lipinski definition) is 0. The Morgan fingerprint density at radius 1 is 1.25 bits per heavy atom. The van der Waals surface area contributed by atoms with Crippen LogP contribution in [0.2, 0.25) is 0 Å². The van der Waals surface area contributed by atoms with Gasteiger partial charge in [0.15, 0.2) is 0 Å². The van der Waals surface area contributed by atoms with Gasteiger partial charge in [0.2, 0.25) is 0 Å². The Hall–Kier alpha value is 0.0300. The van der Waals surface area contributed by atoms with E-state index < -0.39 is 0 Å². The molecule has 0 saturated carbocycles. The average molecular weight is 435 g/mol. The van der Waals surface area contributed by atoms with Gasteiger partial charge in [0, 0.05) is 25.0 Å². The molecule has 3 aliphatic rings. The quantitative estimate of drug-likeness (QED) is 0.389. The van der Waals surface area contributed by atoms with Crippen LogP contribution in [0.4, 0.5) is 5.69 Å². The van der Waals surface area contributed by atoms with Crippen molar-refractivity contribution in [3.8, 4) is 0 Å². The van der Waals surface area contributed by atoms with Crippen molar-refractivity contribution in [3.63, 3.8) is 0 Å². The fourth-order valence-corrected chi connectivity index (χ4v) is 9.52. The molecular formula is C14H14N2O2S6. The number of fused-ring (bicyclic) bond motifs is 1. The maximum absolute atomic E-state index is 12.3. The first-order valence-corrected chi connectivity index (χ1v) is 12.5. The molecule has 1 aromatic heterocycles. The van der Waals surface area contributed by atoms with E-state index in [0.717, 1.165) is 52.6 Å². The van der Waals surface area contributed by atoms with Gasteiger partial charge < -0.3 is 14.5 Å². The number of thiocarbonyl (C=S) groups is 1. The van der Waals surface area contributed by atoms with E-state index >= 15 is 0 Å². The zero-order valence-electron chi connectivity index (χ0n) is 12.8. The fraction of sp³-hybridized carbons (Fsp3) is 0.429. The molecule has 0 atom stereocenters. The SMILES string of the molecule is CCN1/C(=C2/SC=C(N3CCOCC3)S2)C(=S)Sc2ssc(=O)c21. The molecule has 0 N–H and O–H groups in total. The molecule has 1 fully saturated rings. The van der Waals surface area contributed by atoms with Gasteiger partial charge in [0.25, 0.3) is 4.74 Å².